The van der Waals surface area contributed by atoms with Crippen molar-refractivity contribution >= 4 is 34.6 Å². The van der Waals surface area contributed by atoms with Crippen LogP contribution < -0.4 is 16.6 Å². The molecular formula is C8H13N7S. The third-order valence-electron chi connectivity index (χ3n) is 2.04. The summed E-state index contributed by atoms with van der Waals surface area (Å²) >= 11 is 1.77. The highest BCUT2D eigenvalue weighted by Gasteiger charge is 2.07. The van der Waals surface area contributed by atoms with Crippen LogP contribution in [0.2, 0.25) is 0 Å². The molecule has 0 saturated heterocycles. The summed E-state index contributed by atoms with van der Waals surface area (Å²) in [4.78, 5) is 8.37. The van der Waals surface area contributed by atoms with Crippen molar-refractivity contribution in [3.63, 3.8) is 0 Å². The Labute approximate surface area is 96.6 Å². The zero-order valence-electron chi connectivity index (χ0n) is 8.82. The standard InChI is InChI=1S/C8H13N7S/c1-16-3-2-10-6-5-4-11-15-7(5)13-8(12-6)14-9/h4H,2-3,9H2,1H3,(H3,10,11,12,13,14,15). The lowest BCUT2D eigenvalue weighted by Gasteiger charge is -2.06. The number of aromatic amines is 1. The molecule has 0 amide bonds. The monoisotopic (exact) mass is 239 g/mol. The van der Waals surface area contributed by atoms with Gasteiger partial charge in [-0.3, -0.25) is 10.5 Å². The summed E-state index contributed by atoms with van der Waals surface area (Å²) in [5.74, 6) is 7.40. The lowest BCUT2D eigenvalue weighted by atomic mass is 10.4. The van der Waals surface area contributed by atoms with E-state index in [0.717, 1.165) is 23.5 Å². The first-order valence-corrected chi connectivity index (χ1v) is 6.15. The van der Waals surface area contributed by atoms with Crippen molar-refractivity contribution < 1.29 is 0 Å². The zero-order valence-corrected chi connectivity index (χ0v) is 9.64. The molecular weight excluding hydrogens is 226 g/mol. The smallest absolute Gasteiger partial charge is 0.241 e. The van der Waals surface area contributed by atoms with E-state index in [-0.39, 0.29) is 0 Å². The quantitative estimate of drug-likeness (QED) is 0.340. The number of anilines is 2. The van der Waals surface area contributed by atoms with Crippen LogP contribution in [0, 0.1) is 0 Å². The van der Waals surface area contributed by atoms with Crippen LogP contribution in [0.5, 0.6) is 0 Å². The van der Waals surface area contributed by atoms with Crippen molar-refractivity contribution in [1.82, 2.24) is 20.2 Å². The summed E-state index contributed by atoms with van der Waals surface area (Å²) in [6, 6.07) is 0. The lowest BCUT2D eigenvalue weighted by molar-refractivity contribution is 1.07. The Balaban J connectivity index is 2.29. The van der Waals surface area contributed by atoms with Gasteiger partial charge in [0.05, 0.1) is 11.6 Å². The van der Waals surface area contributed by atoms with Crippen LogP contribution in [0.1, 0.15) is 0 Å². The van der Waals surface area contributed by atoms with Gasteiger partial charge >= 0.3 is 0 Å². The SMILES string of the molecule is CSCCNc1nc(NN)nc2[nH]ncc12. The summed E-state index contributed by atoms with van der Waals surface area (Å²) < 4.78 is 0. The number of hydrazine groups is 1. The third-order valence-corrected chi connectivity index (χ3v) is 2.65. The highest BCUT2D eigenvalue weighted by Crippen LogP contribution is 2.19. The molecule has 0 aliphatic carbocycles. The topological polar surface area (TPSA) is 105 Å². The highest BCUT2D eigenvalue weighted by atomic mass is 32.2. The van der Waals surface area contributed by atoms with Gasteiger partial charge in [-0.1, -0.05) is 0 Å². The van der Waals surface area contributed by atoms with Crippen LogP contribution >= 0.6 is 11.8 Å². The van der Waals surface area contributed by atoms with Gasteiger partial charge in [0.25, 0.3) is 0 Å². The molecule has 0 fully saturated rings. The maximum absolute atomic E-state index is 5.29. The molecule has 0 aliphatic heterocycles. The Morgan fingerprint density at radius 3 is 3.12 bits per heavy atom. The van der Waals surface area contributed by atoms with E-state index in [1.54, 1.807) is 18.0 Å². The van der Waals surface area contributed by atoms with Crippen LogP contribution in [0.3, 0.4) is 0 Å². The second kappa shape index (κ2) is 4.99. The largest absolute Gasteiger partial charge is 0.368 e. The molecule has 0 atom stereocenters. The molecule has 0 unspecified atom stereocenters. The van der Waals surface area contributed by atoms with Crippen molar-refractivity contribution in [2.75, 3.05) is 29.3 Å². The minimum Gasteiger partial charge on any atom is -0.368 e. The molecule has 2 aromatic rings. The van der Waals surface area contributed by atoms with Gasteiger partial charge in [0, 0.05) is 12.3 Å². The summed E-state index contributed by atoms with van der Waals surface area (Å²) in [7, 11) is 0. The van der Waals surface area contributed by atoms with E-state index in [4.69, 9.17) is 5.84 Å². The van der Waals surface area contributed by atoms with Gasteiger partial charge in [-0.15, -0.1) is 0 Å². The second-order valence-corrected chi connectivity index (χ2v) is 4.08. The molecule has 86 valence electrons. The summed E-state index contributed by atoms with van der Waals surface area (Å²) in [6.07, 6.45) is 3.75. The molecule has 0 aromatic carbocycles. The number of fused-ring (bicyclic) bond motifs is 1. The number of nitrogens with two attached hydrogens (primary N) is 1. The van der Waals surface area contributed by atoms with Crippen LogP contribution in [0.25, 0.3) is 11.0 Å². The van der Waals surface area contributed by atoms with Crippen LogP contribution in [-0.4, -0.2) is 38.7 Å². The van der Waals surface area contributed by atoms with Crippen molar-refractivity contribution in [2.24, 2.45) is 5.84 Å². The maximum Gasteiger partial charge on any atom is 0.241 e. The number of nitrogens with zero attached hydrogens (tertiary/aromatic N) is 3. The average Bonchev–Trinajstić information content (AvgIpc) is 2.77. The summed E-state index contributed by atoms with van der Waals surface area (Å²) in [5, 5.41) is 10.8. The molecule has 0 bridgehead atoms. The first-order valence-electron chi connectivity index (χ1n) is 4.75. The molecule has 2 aromatic heterocycles. The minimum atomic E-state index is 0.364. The normalized spacial score (nSPS) is 10.6. The molecule has 7 nitrogen and oxygen atoms in total. The molecule has 16 heavy (non-hydrogen) atoms. The van der Waals surface area contributed by atoms with E-state index < -0.39 is 0 Å². The molecule has 0 aliphatic rings. The Bertz CT molecular complexity index is 468. The number of nitrogen functional groups attached to an aromatic ring is 1. The van der Waals surface area contributed by atoms with Gasteiger partial charge in [-0.2, -0.15) is 26.8 Å². The average molecular weight is 239 g/mol. The Hall–Kier alpha value is -1.54. The molecule has 2 heterocycles. The molecule has 8 heteroatoms. The minimum absolute atomic E-state index is 0.364. The fourth-order valence-electron chi connectivity index (χ4n) is 1.31. The number of H-pyrrole nitrogens is 1. The molecule has 5 N–H and O–H groups in total. The van der Waals surface area contributed by atoms with Gasteiger partial charge in [0.15, 0.2) is 5.65 Å². The first-order chi connectivity index (χ1) is 7.85. The predicted octanol–water partition coefficient (Wildman–Crippen LogP) is 0.413. The van der Waals surface area contributed by atoms with Gasteiger partial charge in [0.1, 0.15) is 5.82 Å². The van der Waals surface area contributed by atoms with Crippen molar-refractivity contribution in [1.29, 1.82) is 0 Å². The fraction of sp³-hybridized carbons (Fsp3) is 0.375. The van der Waals surface area contributed by atoms with E-state index in [2.05, 4.69) is 37.2 Å². The van der Waals surface area contributed by atoms with E-state index >= 15 is 0 Å². The number of thioether (sulfide) groups is 1. The van der Waals surface area contributed by atoms with Crippen LogP contribution in [0.15, 0.2) is 6.20 Å². The van der Waals surface area contributed by atoms with Gasteiger partial charge < -0.3 is 5.32 Å². The van der Waals surface area contributed by atoms with Crippen molar-refractivity contribution in [2.45, 2.75) is 0 Å². The van der Waals surface area contributed by atoms with E-state index in [0.29, 0.717) is 11.6 Å². The Morgan fingerprint density at radius 2 is 2.38 bits per heavy atom. The Kier molecular flexibility index (Phi) is 3.42. The predicted molar refractivity (Wildman–Crippen MR) is 66.4 cm³/mol. The molecule has 2 rings (SSSR count). The van der Waals surface area contributed by atoms with Gasteiger partial charge in [-0.05, 0) is 6.26 Å². The highest BCUT2D eigenvalue weighted by molar-refractivity contribution is 7.98. The number of hydrogen-bond donors (Lipinski definition) is 4. The number of nitrogens with one attached hydrogen (secondary N) is 3. The van der Waals surface area contributed by atoms with Gasteiger partial charge in [0.2, 0.25) is 5.95 Å². The van der Waals surface area contributed by atoms with Crippen LogP contribution in [0.4, 0.5) is 11.8 Å². The van der Waals surface area contributed by atoms with Gasteiger partial charge in [-0.25, -0.2) is 5.84 Å². The van der Waals surface area contributed by atoms with Crippen molar-refractivity contribution in [3.05, 3.63) is 6.20 Å². The summed E-state index contributed by atoms with van der Waals surface area (Å²) in [6.45, 7) is 0.836. The van der Waals surface area contributed by atoms with Crippen LogP contribution in [-0.2, 0) is 0 Å². The third kappa shape index (κ3) is 2.17. The van der Waals surface area contributed by atoms with E-state index in [1.165, 1.54) is 0 Å². The number of aromatic nitrogens is 4. The van der Waals surface area contributed by atoms with Crippen molar-refractivity contribution in [3.8, 4) is 0 Å². The molecule has 0 saturated carbocycles. The fourth-order valence-corrected chi connectivity index (χ4v) is 1.61. The summed E-state index contributed by atoms with van der Waals surface area (Å²) in [5.41, 5.74) is 3.09. The number of hydrogen-bond acceptors (Lipinski definition) is 7. The zero-order chi connectivity index (χ0) is 11.4. The maximum atomic E-state index is 5.29. The first kappa shape index (κ1) is 11.0. The van der Waals surface area contributed by atoms with E-state index in [1.807, 2.05) is 0 Å². The second-order valence-electron chi connectivity index (χ2n) is 3.09. The molecule has 0 radical (unpaired) electrons. The lowest BCUT2D eigenvalue weighted by Crippen LogP contribution is -2.13. The Morgan fingerprint density at radius 1 is 1.50 bits per heavy atom. The van der Waals surface area contributed by atoms with E-state index in [9.17, 15) is 0 Å². The number of rotatable bonds is 5. The molecule has 0 spiro atoms.